The highest BCUT2D eigenvalue weighted by Gasteiger charge is 2.45. The Kier molecular flexibility index (Phi) is 5.28. The largest absolute Gasteiger partial charge is 0.495 e. The zero-order chi connectivity index (χ0) is 19.0. The fourth-order valence-corrected chi connectivity index (χ4v) is 5.14. The SMILES string of the molecule is COc1ccc(C)cc1NC(=O)OC1CC2CCCC(C1)N2C1CC(N)C1. The van der Waals surface area contributed by atoms with E-state index in [1.165, 1.54) is 19.3 Å². The van der Waals surface area contributed by atoms with Crippen LogP contribution >= 0.6 is 0 Å². The predicted octanol–water partition coefficient (Wildman–Crippen LogP) is 3.43. The van der Waals surface area contributed by atoms with Crippen molar-refractivity contribution in [3.8, 4) is 5.75 Å². The first-order valence-corrected chi connectivity index (χ1v) is 10.2. The van der Waals surface area contributed by atoms with E-state index in [0.29, 0.717) is 35.6 Å². The molecule has 6 nitrogen and oxygen atoms in total. The summed E-state index contributed by atoms with van der Waals surface area (Å²) in [6.45, 7) is 1.99. The number of ether oxygens (including phenoxy) is 2. The van der Waals surface area contributed by atoms with Crippen molar-refractivity contribution in [2.75, 3.05) is 12.4 Å². The van der Waals surface area contributed by atoms with Crippen LogP contribution in [0, 0.1) is 6.92 Å². The van der Waals surface area contributed by atoms with Crippen molar-refractivity contribution < 1.29 is 14.3 Å². The second-order valence-electron chi connectivity index (χ2n) is 8.40. The number of carbonyl (C=O) groups excluding carboxylic acids is 1. The summed E-state index contributed by atoms with van der Waals surface area (Å²) >= 11 is 0. The van der Waals surface area contributed by atoms with Gasteiger partial charge in [-0.3, -0.25) is 10.2 Å². The molecule has 3 fully saturated rings. The van der Waals surface area contributed by atoms with Crippen molar-refractivity contribution in [1.82, 2.24) is 4.90 Å². The molecule has 0 aromatic heterocycles. The second kappa shape index (κ2) is 7.68. The number of carbonyl (C=O) groups is 1. The number of anilines is 1. The minimum absolute atomic E-state index is 0.0129. The number of nitrogens with two attached hydrogens (primary N) is 1. The van der Waals surface area contributed by atoms with Gasteiger partial charge in [-0.2, -0.15) is 0 Å². The first-order chi connectivity index (χ1) is 13.0. The summed E-state index contributed by atoms with van der Waals surface area (Å²) in [6.07, 6.45) is 7.39. The van der Waals surface area contributed by atoms with Gasteiger partial charge in [-0.1, -0.05) is 12.5 Å². The number of methoxy groups -OCH3 is 1. The Balaban J connectivity index is 1.37. The van der Waals surface area contributed by atoms with E-state index in [9.17, 15) is 4.79 Å². The predicted molar refractivity (Wildman–Crippen MR) is 105 cm³/mol. The molecule has 4 rings (SSSR count). The molecule has 3 N–H and O–H groups in total. The van der Waals surface area contributed by atoms with Gasteiger partial charge >= 0.3 is 6.09 Å². The van der Waals surface area contributed by atoms with Crippen LogP contribution in [0.25, 0.3) is 0 Å². The number of rotatable bonds is 4. The highest BCUT2D eigenvalue weighted by molar-refractivity contribution is 5.87. The Hall–Kier alpha value is -1.79. The van der Waals surface area contributed by atoms with E-state index >= 15 is 0 Å². The molecule has 3 aliphatic rings. The summed E-state index contributed by atoms with van der Waals surface area (Å²) in [6, 6.07) is 7.79. The van der Waals surface area contributed by atoms with Gasteiger partial charge in [0.15, 0.2) is 0 Å². The third kappa shape index (κ3) is 3.92. The van der Waals surface area contributed by atoms with Gasteiger partial charge in [0.1, 0.15) is 11.9 Å². The summed E-state index contributed by atoms with van der Waals surface area (Å²) in [7, 11) is 1.60. The topological polar surface area (TPSA) is 76.8 Å². The number of amides is 1. The normalized spacial score (nSPS) is 33.1. The van der Waals surface area contributed by atoms with Gasteiger partial charge in [0.05, 0.1) is 12.8 Å². The van der Waals surface area contributed by atoms with Crippen LogP contribution in [-0.4, -0.2) is 48.4 Å². The van der Waals surface area contributed by atoms with Crippen LogP contribution in [-0.2, 0) is 4.74 Å². The fraction of sp³-hybridized carbons (Fsp3) is 0.667. The van der Waals surface area contributed by atoms with E-state index < -0.39 is 0 Å². The molecule has 2 bridgehead atoms. The quantitative estimate of drug-likeness (QED) is 0.846. The van der Waals surface area contributed by atoms with Crippen LogP contribution in [0.15, 0.2) is 18.2 Å². The molecule has 1 aromatic rings. The summed E-state index contributed by atoms with van der Waals surface area (Å²) in [5, 5.41) is 2.86. The van der Waals surface area contributed by atoms with Gasteiger partial charge < -0.3 is 15.2 Å². The lowest BCUT2D eigenvalue weighted by Crippen LogP contribution is -2.62. The van der Waals surface area contributed by atoms with Crippen molar-refractivity contribution in [2.45, 2.75) is 82.1 Å². The minimum atomic E-state index is -0.388. The lowest BCUT2D eigenvalue weighted by atomic mass is 9.76. The smallest absolute Gasteiger partial charge is 0.412 e. The molecule has 27 heavy (non-hydrogen) atoms. The summed E-state index contributed by atoms with van der Waals surface area (Å²) < 4.78 is 11.1. The van der Waals surface area contributed by atoms with Crippen molar-refractivity contribution in [3.05, 3.63) is 23.8 Å². The van der Waals surface area contributed by atoms with Gasteiger partial charge in [-0.05, 0) is 50.3 Å². The van der Waals surface area contributed by atoms with E-state index in [1.54, 1.807) is 7.11 Å². The fourth-order valence-electron chi connectivity index (χ4n) is 5.14. The van der Waals surface area contributed by atoms with E-state index in [4.69, 9.17) is 15.2 Å². The van der Waals surface area contributed by atoms with E-state index in [2.05, 4.69) is 10.2 Å². The Labute approximate surface area is 161 Å². The highest BCUT2D eigenvalue weighted by atomic mass is 16.6. The first-order valence-electron chi connectivity index (χ1n) is 10.2. The standard InChI is InChI=1S/C21H31N3O3/c1-13-6-7-20(26-2)19(8-13)23-21(25)27-18-11-15-4-3-5-16(12-18)24(15)17-9-14(22)10-17/h6-8,14-18H,3-5,9-12,22H2,1-2H3,(H,23,25). The minimum Gasteiger partial charge on any atom is -0.495 e. The summed E-state index contributed by atoms with van der Waals surface area (Å²) in [5.74, 6) is 0.644. The molecular formula is C21H31N3O3. The Morgan fingerprint density at radius 2 is 1.85 bits per heavy atom. The van der Waals surface area contributed by atoms with E-state index in [-0.39, 0.29) is 12.2 Å². The summed E-state index contributed by atoms with van der Waals surface area (Å²) in [4.78, 5) is 15.2. The maximum Gasteiger partial charge on any atom is 0.412 e. The molecule has 1 amide bonds. The van der Waals surface area contributed by atoms with Gasteiger partial charge in [-0.15, -0.1) is 0 Å². The second-order valence-corrected chi connectivity index (χ2v) is 8.40. The average Bonchev–Trinajstić information content (AvgIpc) is 2.58. The van der Waals surface area contributed by atoms with Crippen molar-refractivity contribution >= 4 is 11.8 Å². The van der Waals surface area contributed by atoms with Gasteiger partial charge in [0, 0.05) is 37.0 Å². The molecule has 0 radical (unpaired) electrons. The Morgan fingerprint density at radius 1 is 1.15 bits per heavy atom. The Morgan fingerprint density at radius 3 is 2.48 bits per heavy atom. The van der Waals surface area contributed by atoms with Crippen LogP contribution < -0.4 is 15.8 Å². The van der Waals surface area contributed by atoms with Gasteiger partial charge in [0.25, 0.3) is 0 Å². The van der Waals surface area contributed by atoms with Crippen molar-refractivity contribution in [3.63, 3.8) is 0 Å². The molecule has 2 unspecified atom stereocenters. The molecule has 2 heterocycles. The van der Waals surface area contributed by atoms with E-state index in [1.807, 2.05) is 25.1 Å². The van der Waals surface area contributed by atoms with Crippen LogP contribution in [0.1, 0.15) is 50.5 Å². The maximum absolute atomic E-state index is 12.5. The monoisotopic (exact) mass is 373 g/mol. The zero-order valence-corrected chi connectivity index (χ0v) is 16.3. The molecule has 2 atom stereocenters. The number of hydrogen-bond donors (Lipinski definition) is 2. The Bertz CT molecular complexity index is 675. The average molecular weight is 373 g/mol. The number of aryl methyl sites for hydroxylation is 1. The van der Waals surface area contributed by atoms with Crippen LogP contribution in [0.4, 0.5) is 10.5 Å². The van der Waals surface area contributed by atoms with Crippen LogP contribution in [0.3, 0.4) is 0 Å². The molecule has 0 spiro atoms. The number of piperidine rings is 2. The van der Waals surface area contributed by atoms with Crippen molar-refractivity contribution in [2.24, 2.45) is 5.73 Å². The maximum atomic E-state index is 12.5. The number of nitrogens with zero attached hydrogens (tertiary/aromatic N) is 1. The number of hydrogen-bond acceptors (Lipinski definition) is 5. The molecule has 148 valence electrons. The number of benzene rings is 1. The molecular weight excluding hydrogens is 342 g/mol. The third-order valence-electron chi connectivity index (χ3n) is 6.42. The summed E-state index contributed by atoms with van der Waals surface area (Å²) in [5.41, 5.74) is 7.73. The van der Waals surface area contributed by atoms with Crippen LogP contribution in [0.2, 0.25) is 0 Å². The molecule has 6 heteroatoms. The van der Waals surface area contributed by atoms with E-state index in [0.717, 1.165) is 31.2 Å². The lowest BCUT2D eigenvalue weighted by molar-refractivity contribution is -0.0728. The molecule has 2 saturated heterocycles. The van der Waals surface area contributed by atoms with Crippen LogP contribution in [0.5, 0.6) is 5.75 Å². The molecule has 1 aromatic carbocycles. The van der Waals surface area contributed by atoms with Gasteiger partial charge in [-0.25, -0.2) is 4.79 Å². The van der Waals surface area contributed by atoms with Crippen molar-refractivity contribution in [1.29, 1.82) is 0 Å². The molecule has 1 saturated carbocycles. The molecule has 1 aliphatic carbocycles. The highest BCUT2D eigenvalue weighted by Crippen LogP contribution is 2.41. The number of fused-ring (bicyclic) bond motifs is 2. The lowest BCUT2D eigenvalue weighted by Gasteiger charge is -2.55. The molecule has 2 aliphatic heterocycles. The first kappa shape index (κ1) is 18.6. The third-order valence-corrected chi connectivity index (χ3v) is 6.42. The zero-order valence-electron chi connectivity index (χ0n) is 16.3. The van der Waals surface area contributed by atoms with Gasteiger partial charge in [0.2, 0.25) is 0 Å². The number of nitrogens with one attached hydrogen (secondary N) is 1.